The molecule has 3 heteroatoms. The molecule has 0 aliphatic heterocycles. The van der Waals surface area contributed by atoms with Crippen LogP contribution in [0.15, 0.2) is 22.7 Å². The summed E-state index contributed by atoms with van der Waals surface area (Å²) >= 11 is 9.28. The second-order valence-corrected chi connectivity index (χ2v) is 4.07. The molecule has 1 N–H and O–H groups in total. The van der Waals surface area contributed by atoms with Crippen LogP contribution in [0, 0.1) is 11.8 Å². The van der Waals surface area contributed by atoms with E-state index >= 15 is 0 Å². The van der Waals surface area contributed by atoms with Crippen molar-refractivity contribution < 1.29 is 0 Å². The van der Waals surface area contributed by atoms with Gasteiger partial charge in [-0.3, -0.25) is 0 Å². The second-order valence-electron chi connectivity index (χ2n) is 2.78. The van der Waals surface area contributed by atoms with Gasteiger partial charge in [0.05, 0.1) is 0 Å². The lowest BCUT2D eigenvalue weighted by Gasteiger charge is -1.96. The van der Waals surface area contributed by atoms with Crippen molar-refractivity contribution in [2.45, 2.75) is 6.42 Å². The Labute approximate surface area is 98.0 Å². The van der Waals surface area contributed by atoms with Crippen LogP contribution in [0.25, 0.3) is 0 Å². The van der Waals surface area contributed by atoms with Gasteiger partial charge in [-0.15, -0.1) is 0 Å². The van der Waals surface area contributed by atoms with E-state index in [1.165, 1.54) is 0 Å². The van der Waals surface area contributed by atoms with Gasteiger partial charge in [-0.25, -0.2) is 0 Å². The van der Waals surface area contributed by atoms with Gasteiger partial charge in [0.1, 0.15) is 0 Å². The van der Waals surface area contributed by atoms with Gasteiger partial charge < -0.3 is 5.32 Å². The largest absolute Gasteiger partial charge is 0.319 e. The average molecular weight is 273 g/mol. The third-order valence-corrected chi connectivity index (χ3v) is 2.58. The van der Waals surface area contributed by atoms with Gasteiger partial charge in [0.25, 0.3) is 0 Å². The molecule has 1 rings (SSSR count). The van der Waals surface area contributed by atoms with Gasteiger partial charge in [0.15, 0.2) is 0 Å². The lowest BCUT2D eigenvalue weighted by Crippen LogP contribution is -2.05. The predicted octanol–water partition coefficient (Wildman–Crippen LogP) is 3.06. The number of rotatable bonds is 2. The van der Waals surface area contributed by atoms with E-state index in [4.69, 9.17) is 11.6 Å². The molecule has 0 radical (unpaired) electrons. The fraction of sp³-hybridized carbons (Fsp3) is 0.273. The zero-order valence-electron chi connectivity index (χ0n) is 7.90. The quantitative estimate of drug-likeness (QED) is 0.644. The van der Waals surface area contributed by atoms with Crippen LogP contribution in [0.5, 0.6) is 0 Å². The van der Waals surface area contributed by atoms with Crippen molar-refractivity contribution in [3.63, 3.8) is 0 Å². The van der Waals surface area contributed by atoms with Crippen LogP contribution in [-0.2, 0) is 0 Å². The number of nitrogens with one attached hydrogen (secondary N) is 1. The van der Waals surface area contributed by atoms with Crippen molar-refractivity contribution >= 4 is 27.5 Å². The van der Waals surface area contributed by atoms with Crippen molar-refractivity contribution in [3.8, 4) is 11.8 Å². The Balaban J connectivity index is 2.73. The first-order chi connectivity index (χ1) is 6.74. The zero-order chi connectivity index (χ0) is 10.4. The van der Waals surface area contributed by atoms with E-state index in [0.29, 0.717) is 5.02 Å². The lowest BCUT2D eigenvalue weighted by atomic mass is 10.2. The number of hydrogen-bond acceptors (Lipinski definition) is 1. The molecule has 0 aliphatic rings. The Bertz CT molecular complexity index is 365. The first-order valence-corrected chi connectivity index (χ1v) is 5.49. The van der Waals surface area contributed by atoms with Crippen LogP contribution < -0.4 is 5.32 Å². The first kappa shape index (κ1) is 11.6. The van der Waals surface area contributed by atoms with E-state index in [1.807, 2.05) is 25.2 Å². The molecule has 14 heavy (non-hydrogen) atoms. The fourth-order valence-electron chi connectivity index (χ4n) is 0.939. The molecule has 0 aliphatic carbocycles. The summed E-state index contributed by atoms with van der Waals surface area (Å²) in [5.41, 5.74) is 0.939. The summed E-state index contributed by atoms with van der Waals surface area (Å²) in [6.45, 7) is 0.908. The van der Waals surface area contributed by atoms with Crippen LogP contribution in [0.4, 0.5) is 0 Å². The summed E-state index contributed by atoms with van der Waals surface area (Å²) in [4.78, 5) is 0. The van der Waals surface area contributed by atoms with E-state index in [-0.39, 0.29) is 0 Å². The second kappa shape index (κ2) is 6.08. The Morgan fingerprint density at radius 2 is 2.29 bits per heavy atom. The molecule has 0 aromatic heterocycles. The molecule has 0 atom stereocenters. The highest BCUT2D eigenvalue weighted by Crippen LogP contribution is 2.19. The van der Waals surface area contributed by atoms with Crippen LogP contribution in [0.2, 0.25) is 5.02 Å². The van der Waals surface area contributed by atoms with E-state index < -0.39 is 0 Å². The minimum Gasteiger partial charge on any atom is -0.319 e. The SMILES string of the molecule is CNCCC#Cc1cc(Cl)ccc1Br. The molecule has 0 fully saturated rings. The van der Waals surface area contributed by atoms with Gasteiger partial charge in [-0.05, 0) is 41.2 Å². The highest BCUT2D eigenvalue weighted by Gasteiger charge is 1.96. The van der Waals surface area contributed by atoms with Crippen molar-refractivity contribution in [2.24, 2.45) is 0 Å². The summed E-state index contributed by atoms with van der Waals surface area (Å²) in [6.07, 6.45) is 0.843. The van der Waals surface area contributed by atoms with E-state index in [0.717, 1.165) is 23.0 Å². The summed E-state index contributed by atoms with van der Waals surface area (Å²) < 4.78 is 0.985. The molecule has 0 spiro atoms. The van der Waals surface area contributed by atoms with Gasteiger partial charge >= 0.3 is 0 Å². The van der Waals surface area contributed by atoms with E-state index in [1.54, 1.807) is 0 Å². The molecule has 1 nitrogen and oxygen atoms in total. The molecular formula is C11H11BrClN. The Kier molecular flexibility index (Phi) is 5.03. The van der Waals surface area contributed by atoms with Crippen molar-refractivity contribution in [1.82, 2.24) is 5.32 Å². The summed E-state index contributed by atoms with van der Waals surface area (Å²) in [5.74, 6) is 6.14. The van der Waals surface area contributed by atoms with Crippen molar-refractivity contribution in [3.05, 3.63) is 33.3 Å². The first-order valence-electron chi connectivity index (χ1n) is 4.32. The maximum atomic E-state index is 5.86. The molecule has 0 saturated heterocycles. The maximum absolute atomic E-state index is 5.86. The average Bonchev–Trinajstić information content (AvgIpc) is 2.18. The molecule has 1 aromatic carbocycles. The van der Waals surface area contributed by atoms with Gasteiger partial charge in [-0.2, -0.15) is 0 Å². The molecule has 1 aromatic rings. The third kappa shape index (κ3) is 3.71. The van der Waals surface area contributed by atoms with Gasteiger partial charge in [0.2, 0.25) is 0 Å². The monoisotopic (exact) mass is 271 g/mol. The Morgan fingerprint density at radius 3 is 3.00 bits per heavy atom. The van der Waals surface area contributed by atoms with Gasteiger partial charge in [-0.1, -0.05) is 23.4 Å². The Hall–Kier alpha value is -0.490. The van der Waals surface area contributed by atoms with Crippen LogP contribution in [-0.4, -0.2) is 13.6 Å². The summed E-state index contributed by atoms with van der Waals surface area (Å²) in [7, 11) is 1.91. The molecule has 0 amide bonds. The normalized spacial score (nSPS) is 9.36. The van der Waals surface area contributed by atoms with E-state index in [2.05, 4.69) is 33.1 Å². The molecule has 0 heterocycles. The van der Waals surface area contributed by atoms with E-state index in [9.17, 15) is 0 Å². The third-order valence-electron chi connectivity index (χ3n) is 1.65. The minimum absolute atomic E-state index is 0.714. The molecule has 0 unspecified atom stereocenters. The summed E-state index contributed by atoms with van der Waals surface area (Å²) in [5, 5.41) is 3.75. The smallest absolute Gasteiger partial charge is 0.0419 e. The Morgan fingerprint density at radius 1 is 1.50 bits per heavy atom. The van der Waals surface area contributed by atoms with Gasteiger partial charge in [0, 0.05) is 28.0 Å². The minimum atomic E-state index is 0.714. The van der Waals surface area contributed by atoms with Crippen LogP contribution in [0.1, 0.15) is 12.0 Å². The molecular weight excluding hydrogens is 261 g/mol. The highest BCUT2D eigenvalue weighted by molar-refractivity contribution is 9.10. The highest BCUT2D eigenvalue weighted by atomic mass is 79.9. The zero-order valence-corrected chi connectivity index (χ0v) is 10.2. The predicted molar refractivity (Wildman–Crippen MR) is 64.6 cm³/mol. The molecule has 0 bridgehead atoms. The van der Waals surface area contributed by atoms with Crippen molar-refractivity contribution in [2.75, 3.05) is 13.6 Å². The number of benzene rings is 1. The topological polar surface area (TPSA) is 12.0 Å². The standard InChI is InChI=1S/C11H11BrClN/c1-14-7-3-2-4-9-8-10(13)5-6-11(9)12/h5-6,8,14H,3,7H2,1H3. The van der Waals surface area contributed by atoms with Crippen LogP contribution in [0.3, 0.4) is 0 Å². The maximum Gasteiger partial charge on any atom is 0.0419 e. The van der Waals surface area contributed by atoms with Crippen LogP contribution >= 0.6 is 27.5 Å². The fourth-order valence-corrected chi connectivity index (χ4v) is 1.46. The number of halogens is 2. The molecule has 0 saturated carbocycles. The summed E-state index contributed by atoms with van der Waals surface area (Å²) in [6, 6.07) is 5.60. The molecule has 74 valence electrons. The lowest BCUT2D eigenvalue weighted by molar-refractivity contribution is 0.818. The number of hydrogen-bond donors (Lipinski definition) is 1. The van der Waals surface area contributed by atoms with Crippen molar-refractivity contribution in [1.29, 1.82) is 0 Å².